The first-order valence-electron chi connectivity index (χ1n) is 13.1. The van der Waals surface area contributed by atoms with Crippen molar-refractivity contribution in [3.63, 3.8) is 0 Å². The number of amides is 1. The van der Waals surface area contributed by atoms with Gasteiger partial charge in [-0.3, -0.25) is 4.79 Å². The molecule has 4 aromatic rings. The van der Waals surface area contributed by atoms with Gasteiger partial charge in [0.25, 0.3) is 0 Å². The molecular formula is C30H33F2N5O2S. The summed E-state index contributed by atoms with van der Waals surface area (Å²) >= 11 is 1.23. The Morgan fingerprint density at radius 2 is 1.73 bits per heavy atom. The molecule has 0 radical (unpaired) electrons. The molecule has 0 spiro atoms. The molecule has 0 saturated carbocycles. The van der Waals surface area contributed by atoms with Crippen LogP contribution in [0.3, 0.4) is 0 Å². The van der Waals surface area contributed by atoms with Crippen LogP contribution in [0.2, 0.25) is 0 Å². The highest BCUT2D eigenvalue weighted by molar-refractivity contribution is 8.00. The minimum atomic E-state index is -1.04. The van der Waals surface area contributed by atoms with Crippen LogP contribution in [0, 0.1) is 11.6 Å². The fourth-order valence-electron chi connectivity index (χ4n) is 4.38. The molecule has 0 aliphatic rings. The molecule has 0 saturated heterocycles. The Balaban J connectivity index is 1.53. The maximum Gasteiger partial charge on any atom is 0.238 e. The monoisotopic (exact) mass is 565 g/mol. The van der Waals surface area contributed by atoms with Crippen molar-refractivity contribution in [1.82, 2.24) is 25.4 Å². The summed E-state index contributed by atoms with van der Waals surface area (Å²) < 4.78 is 29.7. The summed E-state index contributed by atoms with van der Waals surface area (Å²) in [5.41, 5.74) is 3.36. The van der Waals surface area contributed by atoms with E-state index in [4.69, 9.17) is 0 Å². The van der Waals surface area contributed by atoms with Crippen LogP contribution < -0.4 is 10.6 Å². The van der Waals surface area contributed by atoms with E-state index < -0.39 is 29.0 Å². The van der Waals surface area contributed by atoms with E-state index in [9.17, 15) is 18.7 Å². The standard InChI is InChI=1S/C30H33F2N5O2S/c1-3-20-8-7-9-21(12-20)17-33-18-27(38)26(15-22-13-24(31)16-25(32)14-22)35-29(39)28(23-10-5-4-6-11-23)40-30-36-34-19-37(30)2/h4-14,16,19,26-28,33,38H,3,15,17-18H2,1-2H3,(H,35,39)/t26-,27-,28?/m0/s1. The van der Waals surface area contributed by atoms with Gasteiger partial charge in [0.05, 0.1) is 12.1 Å². The molecule has 3 aromatic carbocycles. The highest BCUT2D eigenvalue weighted by Crippen LogP contribution is 2.34. The first kappa shape index (κ1) is 29.4. The molecule has 7 nitrogen and oxygen atoms in total. The fraction of sp³-hybridized carbons (Fsp3) is 0.300. The average Bonchev–Trinajstić information content (AvgIpc) is 3.35. The van der Waals surface area contributed by atoms with Crippen molar-refractivity contribution in [2.75, 3.05) is 6.54 Å². The summed E-state index contributed by atoms with van der Waals surface area (Å²) in [5.74, 6) is -1.80. The third kappa shape index (κ3) is 8.20. The van der Waals surface area contributed by atoms with Gasteiger partial charge in [0.1, 0.15) is 23.2 Å². The molecule has 1 amide bonds. The number of halogens is 2. The number of hydrogen-bond donors (Lipinski definition) is 3. The quantitative estimate of drug-likeness (QED) is 0.209. The van der Waals surface area contributed by atoms with Crippen molar-refractivity contribution in [3.8, 4) is 0 Å². The van der Waals surface area contributed by atoms with Gasteiger partial charge in [0, 0.05) is 26.2 Å². The number of aromatic nitrogens is 3. The first-order valence-corrected chi connectivity index (χ1v) is 14.0. The second kappa shape index (κ2) is 14.2. The lowest BCUT2D eigenvalue weighted by molar-refractivity contribution is -0.122. The molecule has 1 heterocycles. The van der Waals surface area contributed by atoms with E-state index in [-0.39, 0.29) is 18.9 Å². The molecule has 40 heavy (non-hydrogen) atoms. The maximum absolute atomic E-state index is 14.0. The largest absolute Gasteiger partial charge is 0.390 e. The van der Waals surface area contributed by atoms with E-state index in [2.05, 4.69) is 39.9 Å². The summed E-state index contributed by atoms with van der Waals surface area (Å²) in [5, 5.41) is 25.2. The first-order chi connectivity index (χ1) is 19.3. The maximum atomic E-state index is 14.0. The number of nitrogens with one attached hydrogen (secondary N) is 2. The number of aliphatic hydroxyl groups excluding tert-OH is 1. The number of thioether (sulfide) groups is 1. The molecule has 4 rings (SSSR count). The molecule has 0 aliphatic heterocycles. The summed E-state index contributed by atoms with van der Waals surface area (Å²) in [7, 11) is 1.79. The van der Waals surface area contributed by atoms with Gasteiger partial charge in [-0.15, -0.1) is 10.2 Å². The highest BCUT2D eigenvalue weighted by Gasteiger charge is 2.29. The molecule has 0 fully saturated rings. The normalized spacial score (nSPS) is 13.5. The Kier molecular flexibility index (Phi) is 10.4. The summed E-state index contributed by atoms with van der Waals surface area (Å²) in [6.45, 7) is 2.77. The Bertz CT molecular complexity index is 1380. The van der Waals surface area contributed by atoms with E-state index in [1.807, 2.05) is 42.5 Å². The summed E-state index contributed by atoms with van der Waals surface area (Å²) in [6.07, 6.45) is 1.46. The van der Waals surface area contributed by atoms with Crippen LogP contribution in [-0.4, -0.2) is 44.5 Å². The van der Waals surface area contributed by atoms with Crippen molar-refractivity contribution in [2.24, 2.45) is 7.05 Å². The zero-order valence-electron chi connectivity index (χ0n) is 22.4. The predicted octanol–water partition coefficient (Wildman–Crippen LogP) is 4.37. The van der Waals surface area contributed by atoms with Gasteiger partial charge in [0.15, 0.2) is 5.16 Å². The molecule has 3 N–H and O–H groups in total. The van der Waals surface area contributed by atoms with Gasteiger partial charge in [-0.25, -0.2) is 8.78 Å². The van der Waals surface area contributed by atoms with Gasteiger partial charge in [-0.2, -0.15) is 0 Å². The third-order valence-electron chi connectivity index (χ3n) is 6.49. The molecule has 1 aromatic heterocycles. The summed E-state index contributed by atoms with van der Waals surface area (Å²) in [6, 6.07) is 19.8. The van der Waals surface area contributed by atoms with Crippen LogP contribution >= 0.6 is 11.8 Å². The van der Waals surface area contributed by atoms with Crippen molar-refractivity contribution in [2.45, 2.75) is 48.9 Å². The second-order valence-electron chi connectivity index (χ2n) is 9.60. The lowest BCUT2D eigenvalue weighted by Crippen LogP contribution is -2.49. The number of hydrogen-bond acceptors (Lipinski definition) is 6. The molecule has 1 unspecified atom stereocenters. The van der Waals surface area contributed by atoms with Crippen LogP contribution in [0.5, 0.6) is 0 Å². The van der Waals surface area contributed by atoms with Crippen LogP contribution in [-0.2, 0) is 31.2 Å². The van der Waals surface area contributed by atoms with Crippen LogP contribution in [0.25, 0.3) is 0 Å². The smallest absolute Gasteiger partial charge is 0.238 e. The van der Waals surface area contributed by atoms with Crippen molar-refractivity contribution >= 4 is 17.7 Å². The lowest BCUT2D eigenvalue weighted by Gasteiger charge is -2.27. The molecule has 0 bridgehead atoms. The van der Waals surface area contributed by atoms with E-state index in [1.54, 1.807) is 17.9 Å². The van der Waals surface area contributed by atoms with Gasteiger partial charge in [-0.05, 0) is 47.2 Å². The van der Waals surface area contributed by atoms with E-state index in [0.29, 0.717) is 17.3 Å². The Morgan fingerprint density at radius 3 is 2.40 bits per heavy atom. The molecule has 210 valence electrons. The average molecular weight is 566 g/mol. The third-order valence-corrected chi connectivity index (χ3v) is 7.79. The van der Waals surface area contributed by atoms with Crippen molar-refractivity contribution in [3.05, 3.63) is 113 Å². The number of aryl methyl sites for hydroxylation is 2. The van der Waals surface area contributed by atoms with Crippen LogP contribution in [0.15, 0.2) is 84.3 Å². The number of aliphatic hydroxyl groups is 1. The summed E-state index contributed by atoms with van der Waals surface area (Å²) in [4.78, 5) is 13.7. The zero-order valence-corrected chi connectivity index (χ0v) is 23.2. The zero-order chi connectivity index (χ0) is 28.5. The van der Waals surface area contributed by atoms with Crippen LogP contribution in [0.1, 0.15) is 34.4 Å². The molecule has 3 atom stereocenters. The second-order valence-corrected chi connectivity index (χ2v) is 10.7. The van der Waals surface area contributed by atoms with Gasteiger partial charge < -0.3 is 20.3 Å². The number of benzene rings is 3. The number of carbonyl (C=O) groups excluding carboxylic acids is 1. The van der Waals surface area contributed by atoms with E-state index >= 15 is 0 Å². The lowest BCUT2D eigenvalue weighted by atomic mass is 10.00. The number of rotatable bonds is 13. The molecular weight excluding hydrogens is 532 g/mol. The van der Waals surface area contributed by atoms with Gasteiger partial charge in [-0.1, -0.05) is 73.3 Å². The van der Waals surface area contributed by atoms with Crippen LogP contribution in [0.4, 0.5) is 8.78 Å². The highest BCUT2D eigenvalue weighted by atomic mass is 32.2. The minimum absolute atomic E-state index is 0.0325. The van der Waals surface area contributed by atoms with Gasteiger partial charge in [0.2, 0.25) is 5.91 Å². The fourth-order valence-corrected chi connectivity index (χ4v) is 5.36. The van der Waals surface area contributed by atoms with Gasteiger partial charge >= 0.3 is 0 Å². The van der Waals surface area contributed by atoms with E-state index in [1.165, 1.54) is 29.5 Å². The Hall–Kier alpha value is -3.60. The van der Waals surface area contributed by atoms with Crippen molar-refractivity contribution in [1.29, 1.82) is 0 Å². The SMILES string of the molecule is CCc1cccc(CNC[C@H](O)[C@H](Cc2cc(F)cc(F)c2)NC(=O)C(Sc2nncn2C)c2ccccc2)c1. The Morgan fingerprint density at radius 1 is 1.00 bits per heavy atom. The molecule has 0 aliphatic carbocycles. The number of nitrogens with zero attached hydrogens (tertiary/aromatic N) is 3. The van der Waals surface area contributed by atoms with Crippen molar-refractivity contribution < 1.29 is 18.7 Å². The minimum Gasteiger partial charge on any atom is -0.390 e. The van der Waals surface area contributed by atoms with E-state index in [0.717, 1.165) is 23.6 Å². The number of carbonyl (C=O) groups is 1. The Labute approximate surface area is 237 Å². The molecule has 10 heteroatoms. The predicted molar refractivity (Wildman–Crippen MR) is 152 cm³/mol. The topological polar surface area (TPSA) is 92.1 Å².